The van der Waals surface area contributed by atoms with Gasteiger partial charge in [0.25, 0.3) is 6.47 Å². The SMILES string of the molecule is O=COc1sc(Cl)nc1C(F)(F)F. The Kier molecular flexibility index (Phi) is 2.77. The molecule has 0 radical (unpaired) electrons. The summed E-state index contributed by atoms with van der Waals surface area (Å²) in [6, 6.07) is 0. The van der Waals surface area contributed by atoms with Crippen molar-refractivity contribution in [2.45, 2.75) is 6.18 Å². The van der Waals surface area contributed by atoms with Crippen LogP contribution in [0, 0.1) is 0 Å². The number of alkyl halides is 3. The monoisotopic (exact) mass is 231 g/mol. The second-order valence-corrected chi connectivity index (χ2v) is 3.36. The fourth-order valence-corrected chi connectivity index (χ4v) is 1.51. The summed E-state index contributed by atoms with van der Waals surface area (Å²) in [5.41, 5.74) is -1.28. The summed E-state index contributed by atoms with van der Waals surface area (Å²) < 4.78 is 39.9. The third-order valence-corrected chi connectivity index (χ3v) is 2.04. The zero-order valence-electron chi connectivity index (χ0n) is 5.76. The first-order valence-corrected chi connectivity index (χ1v) is 3.98. The first-order valence-electron chi connectivity index (χ1n) is 2.79. The van der Waals surface area contributed by atoms with Gasteiger partial charge in [-0.05, 0) is 0 Å². The van der Waals surface area contributed by atoms with E-state index in [-0.39, 0.29) is 10.9 Å². The van der Waals surface area contributed by atoms with Crippen LogP contribution in [-0.4, -0.2) is 11.5 Å². The molecule has 1 rings (SSSR count). The van der Waals surface area contributed by atoms with Crippen LogP contribution in [-0.2, 0) is 11.0 Å². The van der Waals surface area contributed by atoms with Gasteiger partial charge >= 0.3 is 6.18 Å². The Balaban J connectivity index is 3.11. The number of ether oxygens (including phenoxy) is 1. The maximum atomic E-state index is 12.1. The molecule has 8 heteroatoms. The Labute approximate surface area is 79.1 Å². The van der Waals surface area contributed by atoms with Crippen LogP contribution in [0.2, 0.25) is 4.47 Å². The predicted octanol–water partition coefficient (Wildman–Crippen LogP) is 2.35. The number of nitrogens with zero attached hydrogens (tertiary/aromatic N) is 1. The molecule has 1 aromatic rings. The molecule has 0 N–H and O–H groups in total. The van der Waals surface area contributed by atoms with E-state index < -0.39 is 16.9 Å². The smallest absolute Gasteiger partial charge is 0.415 e. The molecule has 0 aliphatic heterocycles. The molecule has 0 fully saturated rings. The zero-order chi connectivity index (χ0) is 10.1. The van der Waals surface area contributed by atoms with Gasteiger partial charge < -0.3 is 4.74 Å². The Morgan fingerprint density at radius 1 is 1.54 bits per heavy atom. The summed E-state index contributed by atoms with van der Waals surface area (Å²) in [6.45, 7) is -0.112. The average Bonchev–Trinajstić information content (AvgIpc) is 2.30. The Hall–Kier alpha value is -0.820. The molecule has 3 nitrogen and oxygen atoms in total. The van der Waals surface area contributed by atoms with Crippen LogP contribution in [0.15, 0.2) is 0 Å². The number of aromatic nitrogens is 1. The number of thiazole rings is 1. The average molecular weight is 232 g/mol. The molecule has 72 valence electrons. The van der Waals surface area contributed by atoms with Crippen molar-refractivity contribution in [3.63, 3.8) is 0 Å². The van der Waals surface area contributed by atoms with E-state index in [0.29, 0.717) is 11.3 Å². The van der Waals surface area contributed by atoms with E-state index in [4.69, 9.17) is 11.6 Å². The number of rotatable bonds is 2. The number of hydrogen-bond donors (Lipinski definition) is 0. The zero-order valence-corrected chi connectivity index (χ0v) is 7.33. The van der Waals surface area contributed by atoms with Crippen molar-refractivity contribution >= 4 is 29.4 Å². The lowest BCUT2D eigenvalue weighted by atomic mass is 10.5. The van der Waals surface area contributed by atoms with E-state index in [9.17, 15) is 18.0 Å². The summed E-state index contributed by atoms with van der Waals surface area (Å²) in [6.07, 6.45) is -4.66. The molecule has 13 heavy (non-hydrogen) atoms. The first kappa shape index (κ1) is 10.3. The van der Waals surface area contributed by atoms with E-state index in [1.165, 1.54) is 0 Å². The summed E-state index contributed by atoms with van der Waals surface area (Å²) in [7, 11) is 0. The molecular formula is C5HClF3NO2S. The maximum Gasteiger partial charge on any atom is 0.438 e. The van der Waals surface area contributed by atoms with Gasteiger partial charge in [0.15, 0.2) is 4.47 Å². The molecular weight excluding hydrogens is 231 g/mol. The van der Waals surface area contributed by atoms with Gasteiger partial charge in [0.05, 0.1) is 0 Å². The van der Waals surface area contributed by atoms with Crippen LogP contribution < -0.4 is 4.74 Å². The van der Waals surface area contributed by atoms with Crippen molar-refractivity contribution in [3.05, 3.63) is 10.2 Å². The van der Waals surface area contributed by atoms with Gasteiger partial charge in [-0.2, -0.15) is 13.2 Å². The van der Waals surface area contributed by atoms with E-state index in [1.54, 1.807) is 0 Å². The van der Waals surface area contributed by atoms with Crippen LogP contribution in [0.1, 0.15) is 5.69 Å². The molecule has 0 atom stereocenters. The standard InChI is InChI=1S/C5HClF3NO2S/c6-4-10-2(5(7,8)9)3(13-4)12-1-11/h1H. The third-order valence-electron chi connectivity index (χ3n) is 0.994. The van der Waals surface area contributed by atoms with E-state index in [1.807, 2.05) is 0 Å². The summed E-state index contributed by atoms with van der Waals surface area (Å²) in [5.74, 6) is 0. The highest BCUT2D eigenvalue weighted by molar-refractivity contribution is 7.17. The number of hydrogen-bond acceptors (Lipinski definition) is 4. The lowest BCUT2D eigenvalue weighted by Crippen LogP contribution is -2.07. The minimum Gasteiger partial charge on any atom is -0.415 e. The lowest BCUT2D eigenvalue weighted by Gasteiger charge is -2.02. The van der Waals surface area contributed by atoms with Crippen molar-refractivity contribution in [1.82, 2.24) is 4.98 Å². The fourth-order valence-electron chi connectivity index (χ4n) is 0.584. The van der Waals surface area contributed by atoms with Crippen molar-refractivity contribution in [2.24, 2.45) is 0 Å². The van der Waals surface area contributed by atoms with Crippen LogP contribution in [0.25, 0.3) is 0 Å². The van der Waals surface area contributed by atoms with E-state index in [0.717, 1.165) is 0 Å². The van der Waals surface area contributed by atoms with Crippen LogP contribution >= 0.6 is 22.9 Å². The largest absolute Gasteiger partial charge is 0.438 e. The molecule has 0 unspecified atom stereocenters. The molecule has 0 aliphatic rings. The maximum absolute atomic E-state index is 12.1. The van der Waals surface area contributed by atoms with Crippen molar-refractivity contribution < 1.29 is 22.7 Å². The number of halogens is 4. The van der Waals surface area contributed by atoms with Crippen molar-refractivity contribution in [2.75, 3.05) is 0 Å². The highest BCUT2D eigenvalue weighted by Gasteiger charge is 2.38. The van der Waals surface area contributed by atoms with E-state index in [2.05, 4.69) is 9.72 Å². The van der Waals surface area contributed by atoms with Crippen LogP contribution in [0.5, 0.6) is 5.06 Å². The summed E-state index contributed by atoms with van der Waals surface area (Å²) in [5, 5.41) is -0.646. The quantitative estimate of drug-likeness (QED) is 0.734. The van der Waals surface area contributed by atoms with Gasteiger partial charge in [0.1, 0.15) is 0 Å². The minimum atomic E-state index is -4.66. The molecule has 0 aromatic carbocycles. The van der Waals surface area contributed by atoms with Gasteiger partial charge in [0.2, 0.25) is 10.8 Å². The topological polar surface area (TPSA) is 39.2 Å². The highest BCUT2D eigenvalue weighted by atomic mass is 35.5. The molecule has 0 saturated carbocycles. The van der Waals surface area contributed by atoms with Gasteiger partial charge in [-0.25, -0.2) is 4.98 Å². The van der Waals surface area contributed by atoms with Crippen LogP contribution in [0.4, 0.5) is 13.2 Å². The van der Waals surface area contributed by atoms with Gasteiger partial charge in [-0.3, -0.25) is 4.79 Å². The third kappa shape index (κ3) is 2.31. The van der Waals surface area contributed by atoms with Crippen molar-refractivity contribution in [1.29, 1.82) is 0 Å². The molecule has 1 heterocycles. The second-order valence-electron chi connectivity index (χ2n) is 1.81. The molecule has 1 aromatic heterocycles. The highest BCUT2D eigenvalue weighted by Crippen LogP contribution is 2.40. The van der Waals surface area contributed by atoms with Gasteiger partial charge in [-0.1, -0.05) is 22.9 Å². The predicted molar refractivity (Wildman–Crippen MR) is 38.8 cm³/mol. The molecule has 0 amide bonds. The summed E-state index contributed by atoms with van der Waals surface area (Å²) in [4.78, 5) is 12.8. The fraction of sp³-hybridized carbons (Fsp3) is 0.200. The molecule has 0 spiro atoms. The Bertz CT molecular complexity index is 324. The van der Waals surface area contributed by atoms with Gasteiger partial charge in [-0.15, -0.1) is 0 Å². The number of carbonyl (C=O) groups excluding carboxylic acids is 1. The minimum absolute atomic E-state index is 0.112. The Morgan fingerprint density at radius 2 is 2.15 bits per heavy atom. The van der Waals surface area contributed by atoms with E-state index >= 15 is 0 Å². The number of carbonyl (C=O) groups is 1. The lowest BCUT2D eigenvalue weighted by molar-refractivity contribution is -0.142. The first-order chi connectivity index (χ1) is 5.95. The molecule has 0 bridgehead atoms. The second kappa shape index (κ2) is 3.51. The molecule has 0 saturated heterocycles. The molecule has 0 aliphatic carbocycles. The van der Waals surface area contributed by atoms with Crippen LogP contribution in [0.3, 0.4) is 0 Å². The Morgan fingerprint density at radius 3 is 2.62 bits per heavy atom. The van der Waals surface area contributed by atoms with Crippen molar-refractivity contribution in [3.8, 4) is 5.06 Å². The summed E-state index contributed by atoms with van der Waals surface area (Å²) >= 11 is 5.67. The normalized spacial score (nSPS) is 11.4. The van der Waals surface area contributed by atoms with Gasteiger partial charge in [0, 0.05) is 0 Å².